The molecule has 2 amide bonds. The molecule has 1 saturated carbocycles. The van der Waals surface area contributed by atoms with E-state index in [2.05, 4.69) is 10.6 Å². The zero-order valence-electron chi connectivity index (χ0n) is 14.5. The Labute approximate surface area is 154 Å². The van der Waals surface area contributed by atoms with Crippen LogP contribution in [0.3, 0.4) is 0 Å². The van der Waals surface area contributed by atoms with E-state index >= 15 is 0 Å². The number of halogens is 3. The van der Waals surface area contributed by atoms with Crippen molar-refractivity contribution in [3.8, 4) is 0 Å². The van der Waals surface area contributed by atoms with Crippen LogP contribution in [0.1, 0.15) is 25.7 Å². The number of rotatable bonds is 4. The normalized spacial score (nSPS) is 19.4. The molecule has 7 heteroatoms. The van der Waals surface area contributed by atoms with Crippen molar-refractivity contribution in [2.24, 2.45) is 11.8 Å². The Morgan fingerprint density at radius 1 is 0.704 bits per heavy atom. The Bertz CT molecular complexity index is 832. The first-order valence-corrected chi connectivity index (χ1v) is 8.74. The van der Waals surface area contributed by atoms with Gasteiger partial charge in [-0.1, -0.05) is 0 Å². The van der Waals surface area contributed by atoms with Crippen LogP contribution in [-0.4, -0.2) is 11.8 Å². The maximum atomic E-state index is 13.2. The number of carbonyl (C=O) groups excluding carboxylic acids is 2. The summed E-state index contributed by atoms with van der Waals surface area (Å²) in [6.45, 7) is 0. The average molecular weight is 376 g/mol. The van der Waals surface area contributed by atoms with Gasteiger partial charge in [0.05, 0.1) is 0 Å². The third-order valence-corrected chi connectivity index (χ3v) is 4.77. The standard InChI is InChI=1S/C20H19F3N2O2/c21-14-5-7-15(8-6-14)24-19(26)12-1-3-13(4-2-12)20(27)25-16-9-10-17(22)18(23)11-16/h5-13H,1-4H2,(H,24,26)(H,25,27). The molecule has 0 aliphatic heterocycles. The Kier molecular flexibility index (Phi) is 5.78. The highest BCUT2D eigenvalue weighted by Gasteiger charge is 2.30. The molecule has 1 aliphatic rings. The molecule has 0 heterocycles. The van der Waals surface area contributed by atoms with Crippen molar-refractivity contribution >= 4 is 23.2 Å². The van der Waals surface area contributed by atoms with Crippen molar-refractivity contribution in [3.63, 3.8) is 0 Å². The van der Waals surface area contributed by atoms with Crippen LogP contribution in [0.4, 0.5) is 24.5 Å². The third kappa shape index (κ3) is 4.87. The van der Waals surface area contributed by atoms with Crippen molar-refractivity contribution in [1.29, 1.82) is 0 Å². The summed E-state index contributed by atoms with van der Waals surface area (Å²) in [5, 5.41) is 5.34. The van der Waals surface area contributed by atoms with Gasteiger partial charge in [0.25, 0.3) is 0 Å². The van der Waals surface area contributed by atoms with Crippen LogP contribution in [-0.2, 0) is 9.59 Å². The van der Waals surface area contributed by atoms with E-state index in [-0.39, 0.29) is 35.2 Å². The molecule has 142 valence electrons. The smallest absolute Gasteiger partial charge is 0.227 e. The SMILES string of the molecule is O=C(Nc1ccc(F)cc1)C1CCC(C(=O)Nc2ccc(F)c(F)c2)CC1. The van der Waals surface area contributed by atoms with Gasteiger partial charge in [-0.05, 0) is 62.1 Å². The lowest BCUT2D eigenvalue weighted by molar-refractivity contribution is -0.125. The molecule has 2 aromatic rings. The zero-order valence-corrected chi connectivity index (χ0v) is 14.5. The van der Waals surface area contributed by atoms with Gasteiger partial charge >= 0.3 is 0 Å². The Balaban J connectivity index is 1.50. The van der Waals surface area contributed by atoms with E-state index in [4.69, 9.17) is 0 Å². The predicted molar refractivity (Wildman–Crippen MR) is 95.5 cm³/mol. The molecule has 0 bridgehead atoms. The molecule has 0 spiro atoms. The summed E-state index contributed by atoms with van der Waals surface area (Å²) < 4.78 is 39.1. The first-order valence-electron chi connectivity index (χ1n) is 8.74. The third-order valence-electron chi connectivity index (χ3n) is 4.77. The summed E-state index contributed by atoms with van der Waals surface area (Å²) >= 11 is 0. The lowest BCUT2D eigenvalue weighted by Crippen LogP contribution is -2.32. The van der Waals surface area contributed by atoms with Gasteiger partial charge in [0.1, 0.15) is 5.82 Å². The highest BCUT2D eigenvalue weighted by atomic mass is 19.2. The van der Waals surface area contributed by atoms with Gasteiger partial charge in [0, 0.05) is 29.3 Å². The van der Waals surface area contributed by atoms with Crippen LogP contribution in [0, 0.1) is 29.3 Å². The van der Waals surface area contributed by atoms with E-state index in [1.807, 2.05) is 0 Å². The number of carbonyl (C=O) groups is 2. The molecule has 0 saturated heterocycles. The second kappa shape index (κ2) is 8.24. The molecule has 0 radical (unpaired) electrons. The van der Waals surface area contributed by atoms with Crippen LogP contribution < -0.4 is 10.6 Å². The van der Waals surface area contributed by atoms with Crippen molar-refractivity contribution in [2.75, 3.05) is 10.6 Å². The van der Waals surface area contributed by atoms with Gasteiger partial charge in [-0.3, -0.25) is 9.59 Å². The van der Waals surface area contributed by atoms with E-state index in [0.717, 1.165) is 12.1 Å². The van der Waals surface area contributed by atoms with Gasteiger partial charge in [-0.2, -0.15) is 0 Å². The minimum absolute atomic E-state index is 0.152. The second-order valence-electron chi connectivity index (χ2n) is 6.66. The molecular weight excluding hydrogens is 357 g/mol. The number of amides is 2. The monoisotopic (exact) mass is 376 g/mol. The predicted octanol–water partition coefficient (Wildman–Crippen LogP) is 4.49. The molecule has 1 fully saturated rings. The molecule has 4 nitrogen and oxygen atoms in total. The number of hydrogen-bond acceptors (Lipinski definition) is 2. The molecule has 0 atom stereocenters. The van der Waals surface area contributed by atoms with E-state index in [0.29, 0.717) is 31.4 Å². The second-order valence-corrected chi connectivity index (χ2v) is 6.66. The van der Waals surface area contributed by atoms with Crippen LogP contribution in [0.2, 0.25) is 0 Å². The first kappa shape index (κ1) is 18.9. The van der Waals surface area contributed by atoms with Crippen molar-refractivity contribution in [2.45, 2.75) is 25.7 Å². The van der Waals surface area contributed by atoms with Gasteiger partial charge in [0.15, 0.2) is 11.6 Å². The first-order chi connectivity index (χ1) is 12.9. The topological polar surface area (TPSA) is 58.2 Å². The maximum Gasteiger partial charge on any atom is 0.227 e. The van der Waals surface area contributed by atoms with Gasteiger partial charge in [-0.25, -0.2) is 13.2 Å². The van der Waals surface area contributed by atoms with Gasteiger partial charge in [-0.15, -0.1) is 0 Å². The molecular formula is C20H19F3N2O2. The van der Waals surface area contributed by atoms with E-state index in [9.17, 15) is 22.8 Å². The quantitative estimate of drug-likeness (QED) is 0.826. The zero-order chi connectivity index (χ0) is 19.4. The Morgan fingerprint density at radius 2 is 1.19 bits per heavy atom. The van der Waals surface area contributed by atoms with Crippen LogP contribution >= 0.6 is 0 Å². The largest absolute Gasteiger partial charge is 0.326 e. The molecule has 1 aliphatic carbocycles. The molecule has 2 aromatic carbocycles. The molecule has 3 rings (SSSR count). The summed E-state index contributed by atoms with van der Waals surface area (Å²) in [6, 6.07) is 8.74. The summed E-state index contributed by atoms with van der Waals surface area (Å²) in [5.41, 5.74) is 0.731. The number of anilines is 2. The van der Waals surface area contributed by atoms with Crippen molar-refractivity contribution < 1.29 is 22.8 Å². The molecule has 0 aromatic heterocycles. The van der Waals surface area contributed by atoms with Crippen molar-refractivity contribution in [1.82, 2.24) is 0 Å². The molecule has 0 unspecified atom stereocenters. The lowest BCUT2D eigenvalue weighted by Gasteiger charge is -2.27. The lowest BCUT2D eigenvalue weighted by atomic mass is 9.81. The fourth-order valence-electron chi connectivity index (χ4n) is 3.21. The number of hydrogen-bond donors (Lipinski definition) is 2. The molecule has 27 heavy (non-hydrogen) atoms. The van der Waals surface area contributed by atoms with Crippen molar-refractivity contribution in [3.05, 3.63) is 59.9 Å². The van der Waals surface area contributed by atoms with E-state index < -0.39 is 11.6 Å². The summed E-state index contributed by atoms with van der Waals surface area (Å²) in [4.78, 5) is 24.6. The summed E-state index contributed by atoms with van der Waals surface area (Å²) in [5.74, 6) is -3.29. The van der Waals surface area contributed by atoms with Crippen LogP contribution in [0.15, 0.2) is 42.5 Å². The number of nitrogens with one attached hydrogen (secondary N) is 2. The maximum absolute atomic E-state index is 13.2. The fourth-order valence-corrected chi connectivity index (χ4v) is 3.21. The van der Waals surface area contributed by atoms with Gasteiger partial charge in [0.2, 0.25) is 11.8 Å². The highest BCUT2D eigenvalue weighted by Crippen LogP contribution is 2.30. The van der Waals surface area contributed by atoms with Crippen LogP contribution in [0.5, 0.6) is 0 Å². The van der Waals surface area contributed by atoms with E-state index in [1.165, 1.54) is 30.3 Å². The van der Waals surface area contributed by atoms with E-state index in [1.54, 1.807) is 0 Å². The molecule has 2 N–H and O–H groups in total. The fraction of sp³-hybridized carbons (Fsp3) is 0.300. The highest BCUT2D eigenvalue weighted by molar-refractivity contribution is 5.94. The van der Waals surface area contributed by atoms with Gasteiger partial charge < -0.3 is 10.6 Å². The minimum atomic E-state index is -1.02. The number of benzene rings is 2. The average Bonchev–Trinajstić information content (AvgIpc) is 2.66. The summed E-state index contributed by atoms with van der Waals surface area (Å²) in [6.07, 6.45) is 2.14. The Morgan fingerprint density at radius 3 is 1.70 bits per heavy atom. The Hall–Kier alpha value is -2.83. The van der Waals surface area contributed by atoms with Crippen LogP contribution in [0.25, 0.3) is 0 Å². The summed E-state index contributed by atoms with van der Waals surface area (Å²) in [7, 11) is 0. The minimum Gasteiger partial charge on any atom is -0.326 e.